The van der Waals surface area contributed by atoms with E-state index in [0.717, 1.165) is 11.3 Å². The standard InChI is InChI=1S/C26H34FN3O5/c1-5-18(14-24(31)32)20-8-6-7-9-23(20)30-12-13-35-16-26(30,17(2)3)29-25(33)28-22-11-10-19(34-4)15-21(22)27/h6-11,15,17-18H,5,12-14,16H2,1-4H3,(H,31,32)(H2,28,29,33)/t18?,26-/m0/s1. The van der Waals surface area contributed by atoms with Crippen LogP contribution in [0.3, 0.4) is 0 Å². The van der Waals surface area contributed by atoms with Crippen molar-refractivity contribution in [2.24, 2.45) is 5.92 Å². The van der Waals surface area contributed by atoms with Gasteiger partial charge in [-0.05, 0) is 42.0 Å². The second kappa shape index (κ2) is 11.4. The molecular weight excluding hydrogens is 453 g/mol. The van der Waals surface area contributed by atoms with Crippen molar-refractivity contribution in [1.82, 2.24) is 5.32 Å². The Balaban J connectivity index is 1.95. The Kier molecular flexibility index (Phi) is 8.56. The van der Waals surface area contributed by atoms with E-state index in [1.807, 2.05) is 45.0 Å². The van der Waals surface area contributed by atoms with Crippen molar-refractivity contribution in [2.75, 3.05) is 37.1 Å². The van der Waals surface area contributed by atoms with Crippen LogP contribution in [0.5, 0.6) is 5.75 Å². The molecule has 0 aromatic heterocycles. The Labute approximate surface area is 205 Å². The van der Waals surface area contributed by atoms with Crippen LogP contribution in [-0.4, -0.2) is 49.6 Å². The number of benzene rings is 2. The normalized spacial score (nSPS) is 18.7. The van der Waals surface area contributed by atoms with E-state index in [-0.39, 0.29) is 30.6 Å². The van der Waals surface area contributed by atoms with Crippen molar-refractivity contribution < 1.29 is 28.6 Å². The van der Waals surface area contributed by atoms with Crippen molar-refractivity contribution in [1.29, 1.82) is 0 Å². The molecule has 9 heteroatoms. The molecule has 3 N–H and O–H groups in total. The van der Waals surface area contributed by atoms with Crippen molar-refractivity contribution in [3.05, 3.63) is 53.8 Å². The van der Waals surface area contributed by atoms with Crippen LogP contribution in [0.2, 0.25) is 0 Å². The summed E-state index contributed by atoms with van der Waals surface area (Å²) in [6, 6.07) is 11.3. The quantitative estimate of drug-likeness (QED) is 0.469. The van der Waals surface area contributed by atoms with Crippen LogP contribution in [0.25, 0.3) is 0 Å². The Morgan fingerprint density at radius 1 is 1.26 bits per heavy atom. The molecule has 1 unspecified atom stereocenters. The zero-order chi connectivity index (χ0) is 25.6. The zero-order valence-corrected chi connectivity index (χ0v) is 20.6. The number of rotatable bonds is 9. The molecule has 190 valence electrons. The third kappa shape index (κ3) is 5.85. The average molecular weight is 488 g/mol. The van der Waals surface area contributed by atoms with Gasteiger partial charge < -0.3 is 30.1 Å². The van der Waals surface area contributed by atoms with E-state index < -0.39 is 23.5 Å². The van der Waals surface area contributed by atoms with Gasteiger partial charge in [0.15, 0.2) is 0 Å². The number of morpholine rings is 1. The number of nitrogens with zero attached hydrogens (tertiary/aromatic N) is 1. The van der Waals surface area contributed by atoms with Gasteiger partial charge in [-0.25, -0.2) is 9.18 Å². The third-order valence-corrected chi connectivity index (χ3v) is 6.55. The number of urea groups is 1. The maximum atomic E-state index is 14.5. The number of carbonyl (C=O) groups is 2. The molecule has 3 rings (SSSR count). The number of aliphatic carboxylic acids is 1. The molecule has 0 bridgehead atoms. The van der Waals surface area contributed by atoms with Crippen LogP contribution >= 0.6 is 0 Å². The molecule has 1 aliphatic heterocycles. The molecule has 8 nitrogen and oxygen atoms in total. The van der Waals surface area contributed by atoms with Gasteiger partial charge in [-0.2, -0.15) is 0 Å². The smallest absolute Gasteiger partial charge is 0.321 e. The second-order valence-corrected chi connectivity index (χ2v) is 8.97. The Hall–Kier alpha value is -3.33. The number of methoxy groups -OCH3 is 1. The lowest BCUT2D eigenvalue weighted by molar-refractivity contribution is -0.137. The van der Waals surface area contributed by atoms with Gasteiger partial charge in [0.1, 0.15) is 17.2 Å². The molecule has 1 saturated heterocycles. The molecule has 2 aromatic rings. The summed E-state index contributed by atoms with van der Waals surface area (Å²) < 4.78 is 25.3. The molecule has 1 heterocycles. The lowest BCUT2D eigenvalue weighted by Gasteiger charge is -2.51. The topological polar surface area (TPSA) is 100 Å². The SMILES string of the molecule is CCC(CC(=O)O)c1ccccc1N1CCOC[C@@]1(NC(=O)Nc1ccc(OC)cc1F)C(C)C. The fourth-order valence-electron chi connectivity index (χ4n) is 4.56. The first-order valence-corrected chi connectivity index (χ1v) is 11.8. The number of para-hydroxylation sites is 1. The lowest BCUT2D eigenvalue weighted by atomic mass is 9.88. The van der Waals surface area contributed by atoms with Gasteiger partial charge >= 0.3 is 12.0 Å². The minimum atomic E-state index is -0.942. The van der Waals surface area contributed by atoms with Crippen molar-refractivity contribution in [2.45, 2.75) is 45.2 Å². The summed E-state index contributed by atoms with van der Waals surface area (Å²) in [4.78, 5) is 26.7. The Morgan fingerprint density at radius 2 is 2.00 bits per heavy atom. The van der Waals surface area contributed by atoms with Crippen LogP contribution in [0.15, 0.2) is 42.5 Å². The highest BCUT2D eigenvalue weighted by Crippen LogP contribution is 2.38. The van der Waals surface area contributed by atoms with E-state index in [1.54, 1.807) is 6.07 Å². The number of carboxylic acid groups (broad SMARTS) is 1. The van der Waals surface area contributed by atoms with Gasteiger partial charge in [0, 0.05) is 18.3 Å². The molecule has 1 fully saturated rings. The summed E-state index contributed by atoms with van der Waals surface area (Å²) in [7, 11) is 1.44. The molecule has 0 radical (unpaired) electrons. The number of ether oxygens (including phenoxy) is 2. The first-order valence-electron chi connectivity index (χ1n) is 11.8. The molecule has 0 saturated carbocycles. The maximum absolute atomic E-state index is 14.5. The first kappa shape index (κ1) is 26.3. The molecule has 0 aliphatic carbocycles. The number of halogens is 1. The third-order valence-electron chi connectivity index (χ3n) is 6.55. The number of nitrogens with one attached hydrogen (secondary N) is 2. The van der Waals surface area contributed by atoms with Crippen LogP contribution in [0.1, 0.15) is 45.1 Å². The van der Waals surface area contributed by atoms with Gasteiger partial charge in [0.05, 0.1) is 32.4 Å². The predicted molar refractivity (Wildman–Crippen MR) is 133 cm³/mol. The van der Waals surface area contributed by atoms with Crippen LogP contribution in [0, 0.1) is 11.7 Å². The van der Waals surface area contributed by atoms with E-state index in [2.05, 4.69) is 15.5 Å². The summed E-state index contributed by atoms with van der Waals surface area (Å²) in [6.45, 7) is 7.09. The van der Waals surface area contributed by atoms with E-state index in [0.29, 0.717) is 25.3 Å². The van der Waals surface area contributed by atoms with E-state index >= 15 is 0 Å². The second-order valence-electron chi connectivity index (χ2n) is 8.97. The largest absolute Gasteiger partial charge is 0.497 e. The zero-order valence-electron chi connectivity index (χ0n) is 20.6. The van der Waals surface area contributed by atoms with Crippen molar-refractivity contribution in [3.63, 3.8) is 0 Å². The number of hydrogen-bond acceptors (Lipinski definition) is 5. The summed E-state index contributed by atoms with van der Waals surface area (Å²) >= 11 is 0. The van der Waals surface area contributed by atoms with E-state index in [4.69, 9.17) is 9.47 Å². The molecule has 0 spiro atoms. The van der Waals surface area contributed by atoms with Gasteiger partial charge in [0.2, 0.25) is 0 Å². The number of anilines is 2. The fourth-order valence-corrected chi connectivity index (χ4v) is 4.56. The molecule has 2 atom stereocenters. The average Bonchev–Trinajstić information content (AvgIpc) is 2.83. The fraction of sp³-hybridized carbons (Fsp3) is 0.462. The minimum absolute atomic E-state index is 0.0111. The minimum Gasteiger partial charge on any atom is -0.497 e. The van der Waals surface area contributed by atoms with Crippen LogP contribution < -0.4 is 20.3 Å². The number of carbonyl (C=O) groups excluding carboxylic acids is 1. The van der Waals surface area contributed by atoms with Crippen molar-refractivity contribution >= 4 is 23.4 Å². The molecular formula is C26H34FN3O5. The highest BCUT2D eigenvalue weighted by molar-refractivity contribution is 5.90. The number of carboxylic acids is 1. The maximum Gasteiger partial charge on any atom is 0.321 e. The first-order chi connectivity index (χ1) is 16.7. The van der Waals surface area contributed by atoms with Crippen LogP contribution in [0.4, 0.5) is 20.6 Å². The van der Waals surface area contributed by atoms with E-state index in [9.17, 15) is 19.1 Å². The monoisotopic (exact) mass is 487 g/mol. The molecule has 2 amide bonds. The molecule has 2 aromatic carbocycles. The lowest BCUT2D eigenvalue weighted by Crippen LogP contribution is -2.70. The van der Waals surface area contributed by atoms with Crippen molar-refractivity contribution in [3.8, 4) is 5.75 Å². The summed E-state index contributed by atoms with van der Waals surface area (Å²) in [5, 5.41) is 15.1. The van der Waals surface area contributed by atoms with E-state index in [1.165, 1.54) is 19.2 Å². The molecule has 35 heavy (non-hydrogen) atoms. The van der Waals surface area contributed by atoms with Crippen LogP contribution in [-0.2, 0) is 9.53 Å². The summed E-state index contributed by atoms with van der Waals surface area (Å²) in [5.41, 5.74) is 0.850. The Bertz CT molecular complexity index is 1050. The highest BCUT2D eigenvalue weighted by Gasteiger charge is 2.45. The predicted octanol–water partition coefficient (Wildman–Crippen LogP) is 4.81. The molecule has 1 aliphatic rings. The van der Waals surface area contributed by atoms with Gasteiger partial charge in [-0.3, -0.25) is 4.79 Å². The highest BCUT2D eigenvalue weighted by atomic mass is 19.1. The number of amides is 2. The Morgan fingerprint density at radius 3 is 2.63 bits per heavy atom. The van der Waals surface area contributed by atoms with Gasteiger partial charge in [-0.15, -0.1) is 0 Å². The van der Waals surface area contributed by atoms with Gasteiger partial charge in [-0.1, -0.05) is 39.0 Å². The summed E-state index contributed by atoms with van der Waals surface area (Å²) in [5.74, 6) is -1.40. The summed E-state index contributed by atoms with van der Waals surface area (Å²) in [6.07, 6.45) is 0.671. The van der Waals surface area contributed by atoms with Gasteiger partial charge in [0.25, 0.3) is 0 Å². The number of hydrogen-bond donors (Lipinski definition) is 3.